The molecule has 4 rings (SSSR count). The van der Waals surface area contributed by atoms with Crippen LogP contribution in [0.2, 0.25) is 0 Å². The summed E-state index contributed by atoms with van der Waals surface area (Å²) < 4.78 is 17.5. The molecule has 0 saturated heterocycles. The predicted molar refractivity (Wildman–Crippen MR) is 101 cm³/mol. The molecular weight excluding hydrogens is 356 g/mol. The van der Waals surface area contributed by atoms with E-state index in [1.54, 1.807) is 6.92 Å². The van der Waals surface area contributed by atoms with Crippen LogP contribution >= 0.6 is 0 Å². The van der Waals surface area contributed by atoms with Crippen LogP contribution in [0.3, 0.4) is 0 Å². The quantitative estimate of drug-likeness (QED) is 0.826. The van der Waals surface area contributed by atoms with Crippen LogP contribution in [0.1, 0.15) is 18.1 Å². The third-order valence-corrected chi connectivity index (χ3v) is 4.81. The minimum absolute atomic E-state index is 0.0507. The van der Waals surface area contributed by atoms with Crippen LogP contribution in [-0.2, 0) is 24.8 Å². The van der Waals surface area contributed by atoms with Gasteiger partial charge in [0.15, 0.2) is 0 Å². The number of hydrogen-bond acceptors (Lipinski definition) is 6. The van der Waals surface area contributed by atoms with E-state index in [1.807, 2.05) is 60.7 Å². The second-order valence-electron chi connectivity index (χ2n) is 6.39. The molecule has 2 N–H and O–H groups in total. The van der Waals surface area contributed by atoms with Crippen molar-refractivity contribution in [2.75, 3.05) is 6.61 Å². The summed E-state index contributed by atoms with van der Waals surface area (Å²) in [5.41, 5.74) is 7.73. The lowest BCUT2D eigenvalue weighted by molar-refractivity contribution is -0.173. The maximum Gasteiger partial charge on any atom is 0.338 e. The molecule has 0 radical (unpaired) electrons. The number of nitriles is 1. The molecule has 2 atom stereocenters. The van der Waals surface area contributed by atoms with Gasteiger partial charge < -0.3 is 19.9 Å². The first-order valence-electron chi connectivity index (χ1n) is 8.92. The predicted octanol–water partition coefficient (Wildman–Crippen LogP) is 3.18. The third kappa shape index (κ3) is 2.52. The minimum atomic E-state index is -1.43. The molecule has 2 aromatic rings. The second kappa shape index (κ2) is 6.78. The highest BCUT2D eigenvalue weighted by Crippen LogP contribution is 2.57. The fourth-order valence-electron chi connectivity index (χ4n) is 3.66. The molecule has 0 bridgehead atoms. The van der Waals surface area contributed by atoms with Gasteiger partial charge in [0, 0.05) is 11.1 Å². The molecule has 0 saturated carbocycles. The lowest BCUT2D eigenvalue weighted by Gasteiger charge is -2.30. The van der Waals surface area contributed by atoms with Crippen molar-refractivity contribution in [1.29, 1.82) is 5.26 Å². The van der Waals surface area contributed by atoms with Crippen LogP contribution in [-0.4, -0.2) is 12.6 Å². The first kappa shape index (κ1) is 17.7. The van der Waals surface area contributed by atoms with Gasteiger partial charge in [0.2, 0.25) is 5.88 Å². The van der Waals surface area contributed by atoms with E-state index in [2.05, 4.69) is 6.07 Å². The molecular formula is C22H18N2O4. The van der Waals surface area contributed by atoms with Gasteiger partial charge in [-0.15, -0.1) is 0 Å². The highest BCUT2D eigenvalue weighted by Gasteiger charge is 2.62. The number of fused-ring (bicyclic) bond motifs is 1. The average molecular weight is 374 g/mol. The Morgan fingerprint density at radius 1 is 1.14 bits per heavy atom. The molecule has 2 heterocycles. The molecule has 0 aliphatic carbocycles. The zero-order valence-electron chi connectivity index (χ0n) is 15.2. The van der Waals surface area contributed by atoms with Crippen molar-refractivity contribution in [3.8, 4) is 6.07 Å². The van der Waals surface area contributed by atoms with E-state index in [1.165, 1.54) is 0 Å². The van der Waals surface area contributed by atoms with Crippen molar-refractivity contribution < 1.29 is 19.0 Å². The van der Waals surface area contributed by atoms with Gasteiger partial charge >= 0.3 is 5.97 Å². The number of rotatable bonds is 4. The van der Waals surface area contributed by atoms with E-state index in [-0.39, 0.29) is 23.6 Å². The number of nitrogens with two attached hydrogens (primary N) is 1. The highest BCUT2D eigenvalue weighted by atomic mass is 16.7. The van der Waals surface area contributed by atoms with E-state index in [0.29, 0.717) is 16.9 Å². The van der Waals surface area contributed by atoms with Crippen LogP contribution < -0.4 is 5.73 Å². The monoisotopic (exact) mass is 374 g/mol. The Labute approximate surface area is 162 Å². The molecule has 0 spiro atoms. The molecule has 6 heteroatoms. The number of hydrogen-bond donors (Lipinski definition) is 1. The Balaban J connectivity index is 1.96. The Morgan fingerprint density at radius 3 is 2.39 bits per heavy atom. The molecule has 140 valence electrons. The summed E-state index contributed by atoms with van der Waals surface area (Å²) in [5.74, 6) is -2.54. The number of carbonyl (C=O) groups is 1. The standard InChI is InChI=1S/C22H18N2O4/c1-2-26-21(25)17-18-16(13-23)20(24)28-22(18,15-11-7-4-8-12-15)27-19(17)14-9-5-3-6-10-14/h3-12,18H,2,24H2,1H3/t18-,22-/m0/s1. The summed E-state index contributed by atoms with van der Waals surface area (Å²) in [6.45, 7) is 1.92. The third-order valence-electron chi connectivity index (χ3n) is 4.81. The Morgan fingerprint density at radius 2 is 1.79 bits per heavy atom. The highest BCUT2D eigenvalue weighted by molar-refractivity contribution is 5.99. The van der Waals surface area contributed by atoms with E-state index in [0.717, 1.165) is 0 Å². The smallest absolute Gasteiger partial charge is 0.338 e. The molecule has 0 fully saturated rings. The first-order valence-corrected chi connectivity index (χ1v) is 8.92. The number of esters is 1. The van der Waals surface area contributed by atoms with Gasteiger partial charge in [0.05, 0.1) is 12.2 Å². The Kier molecular flexibility index (Phi) is 4.28. The molecule has 0 aromatic heterocycles. The second-order valence-corrected chi connectivity index (χ2v) is 6.39. The molecule has 2 aliphatic rings. The molecule has 2 aromatic carbocycles. The Bertz CT molecular complexity index is 1020. The van der Waals surface area contributed by atoms with Crippen LogP contribution in [0, 0.1) is 17.2 Å². The summed E-state index contributed by atoms with van der Waals surface area (Å²) in [6, 6.07) is 20.4. The van der Waals surface area contributed by atoms with Gasteiger partial charge in [-0.25, -0.2) is 4.79 Å². The number of ether oxygens (including phenoxy) is 3. The van der Waals surface area contributed by atoms with Crippen LogP contribution in [0.5, 0.6) is 0 Å². The van der Waals surface area contributed by atoms with Gasteiger partial charge in [-0.2, -0.15) is 5.26 Å². The zero-order chi connectivity index (χ0) is 19.7. The number of carbonyl (C=O) groups excluding carboxylic acids is 1. The zero-order valence-corrected chi connectivity index (χ0v) is 15.2. The minimum Gasteiger partial charge on any atom is -0.463 e. The van der Waals surface area contributed by atoms with Crippen LogP contribution in [0.25, 0.3) is 5.76 Å². The van der Waals surface area contributed by atoms with Gasteiger partial charge in [0.1, 0.15) is 23.3 Å². The SMILES string of the molecule is CCOC(=O)C1=C(c2ccccc2)O[C@@]2(c3ccccc3)OC(N)=C(C#N)[C@@H]12. The summed E-state index contributed by atoms with van der Waals surface area (Å²) in [6.07, 6.45) is 0. The van der Waals surface area contributed by atoms with Gasteiger partial charge in [-0.1, -0.05) is 60.7 Å². The molecule has 0 unspecified atom stereocenters. The van der Waals surface area contributed by atoms with E-state index in [9.17, 15) is 10.1 Å². The van der Waals surface area contributed by atoms with Gasteiger partial charge in [0.25, 0.3) is 5.79 Å². The largest absolute Gasteiger partial charge is 0.463 e. The normalized spacial score (nSPS) is 22.9. The summed E-state index contributed by atoms with van der Waals surface area (Å²) in [5, 5.41) is 9.73. The number of nitrogens with zero attached hydrogens (tertiary/aromatic N) is 1. The van der Waals surface area contributed by atoms with E-state index < -0.39 is 17.7 Å². The topological polar surface area (TPSA) is 94.6 Å². The van der Waals surface area contributed by atoms with Crippen LogP contribution in [0.15, 0.2) is 77.7 Å². The van der Waals surface area contributed by atoms with Crippen molar-refractivity contribution in [2.24, 2.45) is 11.7 Å². The summed E-state index contributed by atoms with van der Waals surface area (Å²) in [4.78, 5) is 12.9. The molecule has 0 amide bonds. The number of benzene rings is 2. The van der Waals surface area contributed by atoms with Gasteiger partial charge in [-0.3, -0.25) is 0 Å². The average Bonchev–Trinajstić information content (AvgIpc) is 3.20. The molecule has 28 heavy (non-hydrogen) atoms. The Hall–Kier alpha value is -3.72. The van der Waals surface area contributed by atoms with Crippen molar-refractivity contribution in [3.05, 3.63) is 88.8 Å². The van der Waals surface area contributed by atoms with Crippen molar-refractivity contribution >= 4 is 11.7 Å². The maximum atomic E-state index is 12.9. The van der Waals surface area contributed by atoms with E-state index >= 15 is 0 Å². The fraction of sp³-hybridized carbons (Fsp3) is 0.182. The van der Waals surface area contributed by atoms with E-state index in [4.69, 9.17) is 19.9 Å². The first-order chi connectivity index (χ1) is 13.6. The fourth-order valence-corrected chi connectivity index (χ4v) is 3.66. The van der Waals surface area contributed by atoms with Crippen LogP contribution in [0.4, 0.5) is 0 Å². The van der Waals surface area contributed by atoms with Crippen molar-refractivity contribution in [2.45, 2.75) is 12.7 Å². The maximum absolute atomic E-state index is 12.9. The van der Waals surface area contributed by atoms with Gasteiger partial charge in [-0.05, 0) is 6.92 Å². The summed E-state index contributed by atoms with van der Waals surface area (Å²) in [7, 11) is 0. The van der Waals surface area contributed by atoms with Crippen molar-refractivity contribution in [3.63, 3.8) is 0 Å². The lowest BCUT2D eigenvalue weighted by atomic mass is 9.83. The summed E-state index contributed by atoms with van der Waals surface area (Å²) >= 11 is 0. The molecule has 6 nitrogen and oxygen atoms in total. The lowest BCUT2D eigenvalue weighted by Crippen LogP contribution is -2.34. The van der Waals surface area contributed by atoms with Crippen molar-refractivity contribution in [1.82, 2.24) is 0 Å². The molecule has 2 aliphatic heterocycles.